The van der Waals surface area contributed by atoms with E-state index in [-0.39, 0.29) is 0 Å². The van der Waals surface area contributed by atoms with Crippen LogP contribution in [-0.2, 0) is 6.54 Å². The average Bonchev–Trinajstić information content (AvgIpc) is 3.46. The molecule has 0 saturated heterocycles. The van der Waals surface area contributed by atoms with Crippen molar-refractivity contribution in [3.8, 4) is 0 Å². The van der Waals surface area contributed by atoms with E-state index in [1.54, 1.807) is 45.7 Å². The molecule has 1 aliphatic heterocycles. The van der Waals surface area contributed by atoms with Crippen molar-refractivity contribution in [2.45, 2.75) is 6.54 Å². The first kappa shape index (κ1) is 17.0. The van der Waals surface area contributed by atoms with Crippen LogP contribution in [0.2, 0.25) is 0 Å². The molecule has 26 heavy (non-hydrogen) atoms. The monoisotopic (exact) mass is 394 g/mol. The predicted octanol–water partition coefficient (Wildman–Crippen LogP) is 5.67. The fraction of sp³-hybridized carbons (Fsp3) is 0.0526. The van der Waals surface area contributed by atoms with Crippen LogP contribution in [0.5, 0.6) is 0 Å². The molecule has 1 aliphatic rings. The standard InChI is InChI=1S/C7H5NS.C6H4N2S.C6H5NS/c1-2-6-3-5-9-7(6)8-4-1;1-2-5-6(7-3-1)9-4-8-5;1-2-8-6-4-7-3-5(1)6/h1-5H;1-4H;1-3H,4H2. The van der Waals surface area contributed by atoms with E-state index in [0.717, 1.165) is 21.7 Å². The first-order chi connectivity index (χ1) is 12.9. The molecule has 6 heterocycles. The van der Waals surface area contributed by atoms with Gasteiger partial charge in [0.1, 0.15) is 9.66 Å². The maximum Gasteiger partial charge on any atom is 0.143 e. The Morgan fingerprint density at radius 3 is 2.46 bits per heavy atom. The zero-order valence-corrected chi connectivity index (χ0v) is 16.1. The summed E-state index contributed by atoms with van der Waals surface area (Å²) in [5.74, 6) is 0. The van der Waals surface area contributed by atoms with E-state index in [1.807, 2.05) is 30.6 Å². The molecule has 5 aromatic heterocycles. The number of hydrogen-bond donors (Lipinski definition) is 0. The van der Waals surface area contributed by atoms with Crippen LogP contribution in [0.3, 0.4) is 0 Å². The summed E-state index contributed by atoms with van der Waals surface area (Å²) in [4.78, 5) is 20.0. The highest BCUT2D eigenvalue weighted by atomic mass is 32.1. The maximum atomic E-state index is 4.16. The summed E-state index contributed by atoms with van der Waals surface area (Å²) in [6.45, 7) is 0.910. The number of aromatic nitrogens is 3. The van der Waals surface area contributed by atoms with Gasteiger partial charge in [0.2, 0.25) is 0 Å². The molecule has 7 heteroatoms. The minimum atomic E-state index is 0.910. The van der Waals surface area contributed by atoms with Crippen LogP contribution >= 0.6 is 34.0 Å². The van der Waals surface area contributed by atoms with Gasteiger partial charge < -0.3 is 0 Å². The molecule has 0 saturated carbocycles. The Morgan fingerprint density at radius 2 is 1.62 bits per heavy atom. The molecular weight excluding hydrogens is 380 g/mol. The Kier molecular flexibility index (Phi) is 5.39. The lowest BCUT2D eigenvalue weighted by molar-refractivity contribution is 1.15. The fourth-order valence-corrected chi connectivity index (χ4v) is 4.48. The summed E-state index contributed by atoms with van der Waals surface area (Å²) >= 11 is 5.03. The SMILES string of the molecule is C1=NCc2sccc21.c1cnc2sccc2c1.c1cnc2scnc2c1. The summed E-state index contributed by atoms with van der Waals surface area (Å²) in [5, 5.41) is 5.40. The Labute approximate surface area is 162 Å². The molecule has 0 unspecified atom stereocenters. The van der Waals surface area contributed by atoms with E-state index in [1.165, 1.54) is 15.8 Å². The van der Waals surface area contributed by atoms with Gasteiger partial charge in [-0.05, 0) is 41.1 Å². The van der Waals surface area contributed by atoms with Crippen LogP contribution in [0, 0.1) is 0 Å². The van der Waals surface area contributed by atoms with E-state index >= 15 is 0 Å². The summed E-state index contributed by atoms with van der Waals surface area (Å²) < 4.78 is 0. The second-order valence-corrected chi connectivity index (χ2v) is 8.00. The molecule has 0 fully saturated rings. The number of pyridine rings is 2. The van der Waals surface area contributed by atoms with E-state index in [4.69, 9.17) is 0 Å². The third kappa shape index (κ3) is 4.01. The fourth-order valence-electron chi connectivity index (χ4n) is 2.33. The van der Waals surface area contributed by atoms with Crippen molar-refractivity contribution in [2.75, 3.05) is 0 Å². The van der Waals surface area contributed by atoms with Gasteiger partial charge in [0, 0.05) is 34.4 Å². The van der Waals surface area contributed by atoms with Gasteiger partial charge in [0.05, 0.1) is 17.6 Å². The molecule has 0 N–H and O–H groups in total. The van der Waals surface area contributed by atoms with Crippen molar-refractivity contribution in [1.82, 2.24) is 15.0 Å². The highest BCUT2D eigenvalue weighted by molar-refractivity contribution is 7.16. The quantitative estimate of drug-likeness (QED) is 0.340. The van der Waals surface area contributed by atoms with Gasteiger partial charge in [-0.1, -0.05) is 6.07 Å². The zero-order chi connectivity index (χ0) is 17.6. The number of hydrogen-bond acceptors (Lipinski definition) is 7. The van der Waals surface area contributed by atoms with Gasteiger partial charge in [-0.15, -0.1) is 34.0 Å². The molecular formula is C19H14N4S3. The van der Waals surface area contributed by atoms with Crippen LogP contribution in [0.25, 0.3) is 20.6 Å². The summed E-state index contributed by atoms with van der Waals surface area (Å²) in [6.07, 6.45) is 5.53. The largest absolute Gasteiger partial charge is 0.287 e. The Morgan fingerprint density at radius 1 is 0.769 bits per heavy atom. The summed E-state index contributed by atoms with van der Waals surface area (Å²) in [5.41, 5.74) is 4.11. The lowest BCUT2D eigenvalue weighted by Gasteiger charge is -1.81. The summed E-state index contributed by atoms with van der Waals surface area (Å²) in [6, 6.07) is 12.1. The summed E-state index contributed by atoms with van der Waals surface area (Å²) in [7, 11) is 0. The topological polar surface area (TPSA) is 51.0 Å². The Balaban J connectivity index is 0.0000000972. The van der Waals surface area contributed by atoms with Crippen LogP contribution in [0.1, 0.15) is 10.4 Å². The highest BCUT2D eigenvalue weighted by Crippen LogP contribution is 2.19. The Bertz CT molecular complexity index is 1010. The molecule has 0 amide bonds. The van der Waals surface area contributed by atoms with E-state index in [2.05, 4.69) is 48.9 Å². The number of rotatable bonds is 0. The smallest absolute Gasteiger partial charge is 0.143 e. The molecule has 0 aromatic carbocycles. The third-order valence-corrected chi connectivity index (χ3v) is 6.09. The maximum absolute atomic E-state index is 4.16. The van der Waals surface area contributed by atoms with Gasteiger partial charge in [-0.2, -0.15) is 0 Å². The molecule has 0 bridgehead atoms. The van der Waals surface area contributed by atoms with Crippen LogP contribution in [0.15, 0.2) is 70.1 Å². The molecule has 0 aliphatic carbocycles. The second kappa shape index (κ2) is 8.27. The van der Waals surface area contributed by atoms with Gasteiger partial charge in [0.25, 0.3) is 0 Å². The minimum absolute atomic E-state index is 0.910. The molecule has 0 radical (unpaired) electrons. The predicted molar refractivity (Wildman–Crippen MR) is 113 cm³/mol. The second-order valence-electron chi connectivity index (χ2n) is 5.27. The first-order valence-corrected chi connectivity index (χ1v) is 10.5. The normalized spacial score (nSPS) is 11.5. The van der Waals surface area contributed by atoms with Crippen LogP contribution < -0.4 is 0 Å². The van der Waals surface area contributed by atoms with Gasteiger partial charge >= 0.3 is 0 Å². The van der Waals surface area contributed by atoms with Crippen molar-refractivity contribution in [3.63, 3.8) is 0 Å². The number of aliphatic imine (C=N–C) groups is 1. The van der Waals surface area contributed by atoms with Crippen molar-refractivity contribution in [3.05, 3.63) is 75.5 Å². The first-order valence-electron chi connectivity index (χ1n) is 7.89. The third-order valence-electron chi connectivity index (χ3n) is 3.58. The number of nitrogens with zero attached hydrogens (tertiary/aromatic N) is 4. The van der Waals surface area contributed by atoms with Crippen LogP contribution in [0.4, 0.5) is 0 Å². The lowest BCUT2D eigenvalue weighted by atomic mass is 10.3. The minimum Gasteiger partial charge on any atom is -0.287 e. The molecule has 4 nitrogen and oxygen atoms in total. The van der Waals surface area contributed by atoms with Gasteiger partial charge in [0.15, 0.2) is 0 Å². The number of thiophene rings is 2. The molecule has 128 valence electrons. The average molecular weight is 395 g/mol. The highest BCUT2D eigenvalue weighted by Gasteiger charge is 2.04. The molecule has 0 spiro atoms. The van der Waals surface area contributed by atoms with Gasteiger partial charge in [-0.25, -0.2) is 15.0 Å². The van der Waals surface area contributed by atoms with Crippen molar-refractivity contribution in [2.24, 2.45) is 4.99 Å². The Hall–Kier alpha value is -2.48. The molecule has 6 rings (SSSR count). The van der Waals surface area contributed by atoms with E-state index in [9.17, 15) is 0 Å². The number of fused-ring (bicyclic) bond motifs is 3. The molecule has 0 atom stereocenters. The van der Waals surface area contributed by atoms with E-state index in [0.29, 0.717) is 0 Å². The van der Waals surface area contributed by atoms with E-state index < -0.39 is 0 Å². The van der Waals surface area contributed by atoms with Crippen molar-refractivity contribution < 1.29 is 0 Å². The molecule has 5 aromatic rings. The van der Waals surface area contributed by atoms with Crippen LogP contribution in [-0.4, -0.2) is 21.2 Å². The lowest BCUT2D eigenvalue weighted by Crippen LogP contribution is -1.68. The zero-order valence-electron chi connectivity index (χ0n) is 13.6. The van der Waals surface area contributed by atoms with Crippen molar-refractivity contribution >= 4 is 60.8 Å². The number of thiazole rings is 1. The van der Waals surface area contributed by atoms with Gasteiger partial charge in [-0.3, -0.25) is 4.99 Å². The van der Waals surface area contributed by atoms with Crippen molar-refractivity contribution in [1.29, 1.82) is 0 Å².